The van der Waals surface area contributed by atoms with Crippen molar-refractivity contribution >= 4 is 22.4 Å². The predicted molar refractivity (Wildman–Crippen MR) is 79.3 cm³/mol. The van der Waals surface area contributed by atoms with Crippen LogP contribution in [0, 0.1) is 6.92 Å². The van der Waals surface area contributed by atoms with Gasteiger partial charge in [0, 0.05) is 11.3 Å². The highest BCUT2D eigenvalue weighted by Gasteiger charge is 2.05. The van der Waals surface area contributed by atoms with Gasteiger partial charge in [0.05, 0.1) is 11.6 Å². The van der Waals surface area contributed by atoms with Gasteiger partial charge < -0.3 is 0 Å². The number of benzene rings is 2. The van der Waals surface area contributed by atoms with E-state index in [2.05, 4.69) is 40.3 Å². The summed E-state index contributed by atoms with van der Waals surface area (Å²) in [6.45, 7) is 1.96. The van der Waals surface area contributed by atoms with Crippen molar-refractivity contribution in [2.24, 2.45) is 0 Å². The number of nitrogens with zero attached hydrogens (tertiary/aromatic N) is 2. The highest BCUT2D eigenvalue weighted by atomic mass is 35.5. The van der Waals surface area contributed by atoms with Gasteiger partial charge in [0.15, 0.2) is 0 Å². The van der Waals surface area contributed by atoms with E-state index in [9.17, 15) is 0 Å². The second-order valence-electron chi connectivity index (χ2n) is 4.51. The summed E-state index contributed by atoms with van der Waals surface area (Å²) in [5.41, 5.74) is 2.96. The van der Waals surface area contributed by atoms with E-state index in [4.69, 9.17) is 11.6 Å². The van der Waals surface area contributed by atoms with Crippen molar-refractivity contribution in [2.45, 2.75) is 12.8 Å². The van der Waals surface area contributed by atoms with Gasteiger partial charge in [-0.2, -0.15) is 0 Å². The summed E-state index contributed by atoms with van der Waals surface area (Å²) < 4.78 is 0. The molecule has 3 heteroatoms. The van der Waals surface area contributed by atoms with Gasteiger partial charge in [-0.3, -0.25) is 0 Å². The van der Waals surface area contributed by atoms with Crippen LogP contribution in [0.1, 0.15) is 11.5 Å². The van der Waals surface area contributed by atoms with Crippen molar-refractivity contribution in [2.75, 3.05) is 0 Å². The minimum Gasteiger partial charge on any atom is -0.237 e. The standard InChI is InChI=1S/C16H13ClN2/c1-11-8-15(19-16(10-17)18-11)14-7-6-12-4-2-3-5-13(12)9-14/h2-9H,10H2,1H3. The fourth-order valence-corrected chi connectivity index (χ4v) is 2.31. The molecule has 1 heterocycles. The third-order valence-corrected chi connectivity index (χ3v) is 3.30. The van der Waals surface area contributed by atoms with E-state index in [1.807, 2.05) is 25.1 Å². The van der Waals surface area contributed by atoms with E-state index in [0.717, 1.165) is 17.0 Å². The van der Waals surface area contributed by atoms with Gasteiger partial charge in [0.25, 0.3) is 0 Å². The number of fused-ring (bicyclic) bond motifs is 1. The summed E-state index contributed by atoms with van der Waals surface area (Å²) >= 11 is 5.83. The van der Waals surface area contributed by atoms with Crippen molar-refractivity contribution in [1.82, 2.24) is 9.97 Å². The topological polar surface area (TPSA) is 25.8 Å². The second-order valence-corrected chi connectivity index (χ2v) is 4.77. The first-order valence-electron chi connectivity index (χ1n) is 6.16. The Labute approximate surface area is 117 Å². The fraction of sp³-hybridized carbons (Fsp3) is 0.125. The summed E-state index contributed by atoms with van der Waals surface area (Å²) in [7, 11) is 0. The zero-order chi connectivity index (χ0) is 13.2. The van der Waals surface area contributed by atoms with Crippen LogP contribution in [0.2, 0.25) is 0 Å². The maximum atomic E-state index is 5.83. The number of rotatable bonds is 2. The zero-order valence-electron chi connectivity index (χ0n) is 10.6. The summed E-state index contributed by atoms with van der Waals surface area (Å²) in [6, 6.07) is 16.6. The van der Waals surface area contributed by atoms with Crippen molar-refractivity contribution in [1.29, 1.82) is 0 Å². The number of alkyl halides is 1. The molecular formula is C16H13ClN2. The third kappa shape index (κ3) is 2.45. The number of hydrogen-bond donors (Lipinski definition) is 0. The van der Waals surface area contributed by atoms with Gasteiger partial charge in [-0.05, 0) is 29.8 Å². The van der Waals surface area contributed by atoms with Gasteiger partial charge in [0.2, 0.25) is 0 Å². The molecule has 0 saturated carbocycles. The van der Waals surface area contributed by atoms with E-state index in [1.54, 1.807) is 0 Å². The van der Waals surface area contributed by atoms with Crippen LogP contribution in [0.25, 0.3) is 22.0 Å². The van der Waals surface area contributed by atoms with E-state index in [0.29, 0.717) is 11.7 Å². The number of hydrogen-bond acceptors (Lipinski definition) is 2. The monoisotopic (exact) mass is 268 g/mol. The quantitative estimate of drug-likeness (QED) is 0.646. The average molecular weight is 269 g/mol. The molecule has 3 aromatic rings. The highest BCUT2D eigenvalue weighted by molar-refractivity contribution is 6.16. The Bertz CT molecular complexity index is 738. The molecule has 2 nitrogen and oxygen atoms in total. The van der Waals surface area contributed by atoms with Crippen LogP contribution in [0.5, 0.6) is 0 Å². The lowest BCUT2D eigenvalue weighted by Crippen LogP contribution is -1.96. The number of aromatic nitrogens is 2. The number of aryl methyl sites for hydroxylation is 1. The van der Waals surface area contributed by atoms with E-state index < -0.39 is 0 Å². The van der Waals surface area contributed by atoms with Crippen LogP contribution in [-0.2, 0) is 5.88 Å². The first-order valence-corrected chi connectivity index (χ1v) is 6.69. The molecule has 1 aromatic heterocycles. The molecule has 0 atom stereocenters. The maximum Gasteiger partial charge on any atom is 0.143 e. The lowest BCUT2D eigenvalue weighted by molar-refractivity contribution is 0.997. The second kappa shape index (κ2) is 4.98. The van der Waals surface area contributed by atoms with Crippen LogP contribution in [-0.4, -0.2) is 9.97 Å². The molecule has 0 unspecified atom stereocenters. The minimum absolute atomic E-state index is 0.336. The number of halogens is 1. The Morgan fingerprint density at radius 1 is 0.947 bits per heavy atom. The molecule has 0 bridgehead atoms. The van der Waals surface area contributed by atoms with Gasteiger partial charge in [-0.1, -0.05) is 36.4 Å². The Kier molecular flexibility index (Phi) is 3.18. The summed E-state index contributed by atoms with van der Waals surface area (Å²) in [4.78, 5) is 8.78. The molecule has 0 amide bonds. The molecule has 0 N–H and O–H groups in total. The smallest absolute Gasteiger partial charge is 0.143 e. The van der Waals surface area contributed by atoms with Crippen molar-refractivity contribution < 1.29 is 0 Å². The SMILES string of the molecule is Cc1cc(-c2ccc3ccccc3c2)nc(CCl)n1. The largest absolute Gasteiger partial charge is 0.237 e. The Morgan fingerprint density at radius 3 is 2.53 bits per heavy atom. The molecule has 0 aliphatic heterocycles. The van der Waals surface area contributed by atoms with Gasteiger partial charge >= 0.3 is 0 Å². The van der Waals surface area contributed by atoms with Crippen LogP contribution in [0.3, 0.4) is 0 Å². The molecule has 0 spiro atoms. The van der Waals surface area contributed by atoms with Gasteiger partial charge in [0.1, 0.15) is 5.82 Å². The molecule has 19 heavy (non-hydrogen) atoms. The fourth-order valence-electron chi connectivity index (χ4n) is 2.19. The molecule has 0 fully saturated rings. The molecule has 2 aromatic carbocycles. The van der Waals surface area contributed by atoms with Crippen LogP contribution in [0.4, 0.5) is 0 Å². The normalized spacial score (nSPS) is 10.8. The van der Waals surface area contributed by atoms with Gasteiger partial charge in [-0.25, -0.2) is 9.97 Å². The van der Waals surface area contributed by atoms with E-state index in [1.165, 1.54) is 10.8 Å². The summed E-state index contributed by atoms with van der Waals surface area (Å²) in [5.74, 6) is 1.01. The van der Waals surface area contributed by atoms with Crippen molar-refractivity contribution in [3.05, 3.63) is 60.0 Å². The van der Waals surface area contributed by atoms with E-state index >= 15 is 0 Å². The van der Waals surface area contributed by atoms with E-state index in [-0.39, 0.29) is 0 Å². The van der Waals surface area contributed by atoms with Crippen LogP contribution < -0.4 is 0 Å². The zero-order valence-corrected chi connectivity index (χ0v) is 11.4. The lowest BCUT2D eigenvalue weighted by Gasteiger charge is -2.06. The summed E-state index contributed by atoms with van der Waals surface area (Å²) in [6.07, 6.45) is 0. The Morgan fingerprint density at radius 2 is 1.74 bits per heavy atom. The maximum absolute atomic E-state index is 5.83. The first kappa shape index (κ1) is 12.1. The molecule has 0 aliphatic carbocycles. The Hall–Kier alpha value is -1.93. The highest BCUT2D eigenvalue weighted by Crippen LogP contribution is 2.23. The van der Waals surface area contributed by atoms with Crippen molar-refractivity contribution in [3.63, 3.8) is 0 Å². The minimum atomic E-state index is 0.336. The first-order chi connectivity index (χ1) is 9.26. The lowest BCUT2D eigenvalue weighted by atomic mass is 10.0. The Balaban J connectivity index is 2.15. The predicted octanol–water partition coefficient (Wildman–Crippen LogP) is 4.34. The molecule has 0 saturated heterocycles. The molecular weight excluding hydrogens is 256 g/mol. The molecule has 0 radical (unpaired) electrons. The molecule has 94 valence electrons. The third-order valence-electron chi connectivity index (χ3n) is 3.07. The van der Waals surface area contributed by atoms with Crippen LogP contribution in [0.15, 0.2) is 48.5 Å². The molecule has 0 aliphatic rings. The average Bonchev–Trinajstić information content (AvgIpc) is 2.46. The van der Waals surface area contributed by atoms with Crippen molar-refractivity contribution in [3.8, 4) is 11.3 Å². The molecule has 3 rings (SSSR count). The van der Waals surface area contributed by atoms with Gasteiger partial charge in [-0.15, -0.1) is 11.6 Å². The summed E-state index contributed by atoms with van der Waals surface area (Å²) in [5, 5.41) is 2.44. The van der Waals surface area contributed by atoms with Crippen LogP contribution >= 0.6 is 11.6 Å².